The number of carbonyl (C=O) groups is 1. The minimum absolute atomic E-state index is 0.278. The summed E-state index contributed by atoms with van der Waals surface area (Å²) < 4.78 is 12.9. The molecule has 3 rings (SSSR count). The molecule has 0 atom stereocenters. The van der Waals surface area contributed by atoms with Gasteiger partial charge in [0.25, 0.3) is 5.91 Å². The molecule has 0 spiro atoms. The van der Waals surface area contributed by atoms with Gasteiger partial charge in [0.2, 0.25) is 5.95 Å². The number of nitrogens with one attached hydrogen (secondary N) is 2. The molecule has 0 fully saturated rings. The number of aromatic nitrogens is 2. The Balaban J connectivity index is 1.60. The first-order valence-corrected chi connectivity index (χ1v) is 7.76. The minimum atomic E-state index is -0.327. The second-order valence-corrected chi connectivity index (χ2v) is 5.42. The van der Waals surface area contributed by atoms with Crippen LogP contribution in [0.1, 0.15) is 21.5 Å². The first-order valence-electron chi connectivity index (χ1n) is 7.76. The van der Waals surface area contributed by atoms with Crippen molar-refractivity contribution in [3.63, 3.8) is 0 Å². The molecule has 0 aliphatic heterocycles. The van der Waals surface area contributed by atoms with Gasteiger partial charge in [-0.05, 0) is 35.9 Å². The first kappa shape index (κ1) is 17.0. The molecule has 7 heteroatoms. The molecule has 2 N–H and O–H groups in total. The summed E-state index contributed by atoms with van der Waals surface area (Å²) >= 11 is 0. The summed E-state index contributed by atoms with van der Waals surface area (Å²) in [4.78, 5) is 20.3. The van der Waals surface area contributed by atoms with Crippen LogP contribution in [0.5, 0.6) is 0 Å². The highest BCUT2D eigenvalue weighted by molar-refractivity contribution is 5.93. The fourth-order valence-electron chi connectivity index (χ4n) is 2.19. The second kappa shape index (κ2) is 7.85. The van der Waals surface area contributed by atoms with E-state index in [1.165, 1.54) is 24.5 Å². The molecule has 26 heavy (non-hydrogen) atoms. The lowest BCUT2D eigenvalue weighted by Crippen LogP contribution is -2.23. The SMILES string of the molecule is N#Cc1cccc(Nc2ncc(C(=O)NCc3ccc(F)cc3)cn2)c1. The molecule has 0 saturated heterocycles. The highest BCUT2D eigenvalue weighted by Crippen LogP contribution is 2.14. The van der Waals surface area contributed by atoms with Crippen LogP contribution in [0.4, 0.5) is 16.0 Å². The van der Waals surface area contributed by atoms with Gasteiger partial charge in [0.05, 0.1) is 17.2 Å². The fourth-order valence-corrected chi connectivity index (χ4v) is 2.19. The third kappa shape index (κ3) is 4.39. The van der Waals surface area contributed by atoms with Gasteiger partial charge in [0.15, 0.2) is 0 Å². The Bertz CT molecular complexity index is 949. The van der Waals surface area contributed by atoms with Gasteiger partial charge < -0.3 is 10.6 Å². The van der Waals surface area contributed by atoms with E-state index in [-0.39, 0.29) is 18.3 Å². The number of nitrogens with zero attached hydrogens (tertiary/aromatic N) is 3. The molecule has 2 aromatic carbocycles. The van der Waals surface area contributed by atoms with Crippen LogP contribution in [0.2, 0.25) is 0 Å². The molecule has 0 aliphatic rings. The quantitative estimate of drug-likeness (QED) is 0.740. The Morgan fingerprint density at radius 3 is 2.54 bits per heavy atom. The van der Waals surface area contributed by atoms with Gasteiger partial charge in [0.1, 0.15) is 5.82 Å². The lowest BCUT2D eigenvalue weighted by molar-refractivity contribution is 0.0950. The van der Waals surface area contributed by atoms with Gasteiger partial charge in [-0.3, -0.25) is 4.79 Å². The third-order valence-electron chi connectivity index (χ3n) is 3.53. The monoisotopic (exact) mass is 347 g/mol. The Hall–Kier alpha value is -3.79. The van der Waals surface area contributed by atoms with Crippen LogP contribution in [-0.4, -0.2) is 15.9 Å². The van der Waals surface area contributed by atoms with Crippen molar-refractivity contribution in [2.24, 2.45) is 0 Å². The second-order valence-electron chi connectivity index (χ2n) is 5.42. The van der Waals surface area contributed by atoms with Crippen molar-refractivity contribution in [1.82, 2.24) is 15.3 Å². The maximum absolute atomic E-state index is 12.9. The van der Waals surface area contributed by atoms with E-state index < -0.39 is 0 Å². The standard InChI is InChI=1S/C19H14FN5O/c20-16-6-4-13(5-7-16)10-22-18(26)15-11-23-19(24-12-15)25-17-3-1-2-14(8-17)9-21/h1-8,11-12H,10H2,(H,22,26)(H,23,24,25). The molecule has 1 heterocycles. The van der Waals surface area contributed by atoms with Crippen molar-refractivity contribution in [3.05, 3.63) is 83.4 Å². The lowest BCUT2D eigenvalue weighted by atomic mass is 10.2. The summed E-state index contributed by atoms with van der Waals surface area (Å²) in [5, 5.41) is 14.6. The predicted molar refractivity (Wildman–Crippen MR) is 94.0 cm³/mol. The van der Waals surface area contributed by atoms with Gasteiger partial charge in [-0.15, -0.1) is 0 Å². The van der Waals surface area contributed by atoms with E-state index in [4.69, 9.17) is 5.26 Å². The molecule has 3 aromatic rings. The number of hydrogen-bond donors (Lipinski definition) is 2. The van der Waals surface area contributed by atoms with Crippen LogP contribution in [0.25, 0.3) is 0 Å². The summed E-state index contributed by atoms with van der Waals surface area (Å²) in [5.41, 5.74) is 2.30. The molecule has 0 aliphatic carbocycles. The Morgan fingerprint density at radius 2 is 1.85 bits per heavy atom. The minimum Gasteiger partial charge on any atom is -0.348 e. The van der Waals surface area contributed by atoms with Crippen molar-refractivity contribution < 1.29 is 9.18 Å². The van der Waals surface area contributed by atoms with Crippen molar-refractivity contribution in [1.29, 1.82) is 5.26 Å². The predicted octanol–water partition coefficient (Wildman–Crippen LogP) is 3.16. The van der Waals surface area contributed by atoms with E-state index in [2.05, 4.69) is 26.7 Å². The lowest BCUT2D eigenvalue weighted by Gasteiger charge is -2.07. The Labute approximate surface area is 149 Å². The molecule has 0 saturated carbocycles. The van der Waals surface area contributed by atoms with Crippen molar-refractivity contribution >= 4 is 17.5 Å². The molecule has 128 valence electrons. The molecular formula is C19H14FN5O. The summed E-state index contributed by atoms with van der Waals surface area (Å²) in [6, 6.07) is 14.8. The van der Waals surface area contributed by atoms with Gasteiger partial charge in [-0.1, -0.05) is 18.2 Å². The maximum atomic E-state index is 12.9. The molecule has 0 unspecified atom stereocenters. The third-order valence-corrected chi connectivity index (χ3v) is 3.53. The van der Waals surface area contributed by atoms with E-state index in [1.807, 2.05) is 0 Å². The summed E-state index contributed by atoms with van der Waals surface area (Å²) in [6.45, 7) is 0.278. The fraction of sp³-hybridized carbons (Fsp3) is 0.0526. The molecule has 6 nitrogen and oxygen atoms in total. The van der Waals surface area contributed by atoms with Gasteiger partial charge in [0, 0.05) is 24.6 Å². The molecule has 1 amide bonds. The van der Waals surface area contributed by atoms with Crippen LogP contribution >= 0.6 is 0 Å². The maximum Gasteiger partial charge on any atom is 0.254 e. The number of hydrogen-bond acceptors (Lipinski definition) is 5. The van der Waals surface area contributed by atoms with Crippen molar-refractivity contribution in [2.75, 3.05) is 5.32 Å². The number of halogens is 1. The first-order chi connectivity index (χ1) is 12.6. The zero-order chi connectivity index (χ0) is 18.4. The average Bonchev–Trinajstić information content (AvgIpc) is 2.68. The normalized spacial score (nSPS) is 10.0. The largest absolute Gasteiger partial charge is 0.348 e. The summed E-state index contributed by atoms with van der Waals surface area (Å²) in [6.07, 6.45) is 2.81. The zero-order valence-corrected chi connectivity index (χ0v) is 13.6. The Kier molecular flexibility index (Phi) is 5.15. The number of benzene rings is 2. The smallest absolute Gasteiger partial charge is 0.254 e. The molecule has 0 bridgehead atoms. The highest BCUT2D eigenvalue weighted by atomic mass is 19.1. The van der Waals surface area contributed by atoms with Crippen LogP contribution in [0, 0.1) is 17.1 Å². The van der Waals surface area contributed by atoms with E-state index in [0.29, 0.717) is 22.8 Å². The van der Waals surface area contributed by atoms with Crippen LogP contribution in [0.15, 0.2) is 60.9 Å². The number of anilines is 2. The average molecular weight is 347 g/mol. The van der Waals surface area contributed by atoms with E-state index in [0.717, 1.165) is 5.56 Å². The van der Waals surface area contributed by atoms with E-state index in [9.17, 15) is 9.18 Å². The van der Waals surface area contributed by atoms with Gasteiger partial charge in [-0.2, -0.15) is 5.26 Å². The molecule has 0 radical (unpaired) electrons. The highest BCUT2D eigenvalue weighted by Gasteiger charge is 2.07. The van der Waals surface area contributed by atoms with Crippen LogP contribution in [-0.2, 0) is 6.54 Å². The van der Waals surface area contributed by atoms with Crippen LogP contribution in [0.3, 0.4) is 0 Å². The summed E-state index contributed by atoms with van der Waals surface area (Å²) in [5.74, 6) is -0.334. The molecule has 1 aromatic heterocycles. The number of amides is 1. The number of nitriles is 1. The van der Waals surface area contributed by atoms with Crippen molar-refractivity contribution in [2.45, 2.75) is 6.54 Å². The summed E-state index contributed by atoms with van der Waals surface area (Å²) in [7, 11) is 0. The van der Waals surface area contributed by atoms with Gasteiger partial charge >= 0.3 is 0 Å². The van der Waals surface area contributed by atoms with Gasteiger partial charge in [-0.25, -0.2) is 14.4 Å². The number of carbonyl (C=O) groups excluding carboxylic acids is 1. The van der Waals surface area contributed by atoms with Crippen LogP contribution < -0.4 is 10.6 Å². The van der Waals surface area contributed by atoms with Crippen molar-refractivity contribution in [3.8, 4) is 6.07 Å². The molecular weight excluding hydrogens is 333 g/mol. The number of rotatable bonds is 5. The van der Waals surface area contributed by atoms with E-state index >= 15 is 0 Å². The van der Waals surface area contributed by atoms with E-state index in [1.54, 1.807) is 36.4 Å². The zero-order valence-electron chi connectivity index (χ0n) is 13.6. The Morgan fingerprint density at radius 1 is 1.12 bits per heavy atom. The topological polar surface area (TPSA) is 90.7 Å².